The van der Waals surface area contributed by atoms with Crippen LogP contribution in [-0.2, 0) is 4.74 Å². The largest absolute Gasteiger partial charge is 0.519 e. The number of para-hydroxylation sites is 1. The van der Waals surface area contributed by atoms with Crippen LogP contribution in [0.2, 0.25) is 0 Å². The molecule has 1 aromatic carbocycles. The predicted octanol–water partition coefficient (Wildman–Crippen LogP) is 3.59. The first kappa shape index (κ1) is 11.2. The fourth-order valence-electron chi connectivity index (χ4n) is 1.37. The van der Waals surface area contributed by atoms with Gasteiger partial charge < -0.3 is 9.47 Å². The quantitative estimate of drug-likeness (QED) is 0.441. The van der Waals surface area contributed by atoms with E-state index in [-0.39, 0.29) is 0 Å². The van der Waals surface area contributed by atoms with Gasteiger partial charge in [0.1, 0.15) is 11.5 Å². The lowest BCUT2D eigenvalue weighted by atomic mass is 10.3. The molecule has 17 heavy (non-hydrogen) atoms. The fraction of sp³-hybridized carbons (Fsp3) is 0.143. The van der Waals surface area contributed by atoms with Gasteiger partial charge in [0.15, 0.2) is 0 Å². The third-order valence-corrected chi connectivity index (χ3v) is 2.15. The van der Waals surface area contributed by atoms with Crippen molar-refractivity contribution < 1.29 is 14.3 Å². The van der Waals surface area contributed by atoms with Crippen LogP contribution >= 0.6 is 0 Å². The minimum atomic E-state index is -0.734. The minimum absolute atomic E-state index is 0.464. The Hall–Kier alpha value is -2.25. The molecular weight excluding hydrogens is 216 g/mol. The number of rotatable bonds is 2. The molecule has 0 radical (unpaired) electrons. The van der Waals surface area contributed by atoms with E-state index in [4.69, 9.17) is 9.47 Å². The van der Waals surface area contributed by atoms with Gasteiger partial charge in [0, 0.05) is 6.08 Å². The third-order valence-electron chi connectivity index (χ3n) is 2.15. The summed E-state index contributed by atoms with van der Waals surface area (Å²) in [5.74, 6) is 0.936. The van der Waals surface area contributed by atoms with Gasteiger partial charge in [-0.25, -0.2) is 4.79 Å². The standard InChI is InChI=1S/C14H12O3/c15-14(17-13-10-6-3-7-11-13)16-12-8-4-1-2-5-9-12/h1,3,6-11H,2,5H2. The van der Waals surface area contributed by atoms with Crippen molar-refractivity contribution in [1.82, 2.24) is 0 Å². The van der Waals surface area contributed by atoms with Crippen molar-refractivity contribution in [3.8, 4) is 5.75 Å². The molecule has 3 heteroatoms. The number of allylic oxidation sites excluding steroid dienone is 2. The van der Waals surface area contributed by atoms with Crippen LogP contribution in [0.4, 0.5) is 4.79 Å². The van der Waals surface area contributed by atoms with E-state index in [1.807, 2.05) is 18.2 Å². The van der Waals surface area contributed by atoms with Crippen LogP contribution in [0.25, 0.3) is 0 Å². The maximum atomic E-state index is 11.4. The minimum Gasteiger partial charge on any atom is -0.395 e. The van der Waals surface area contributed by atoms with Crippen molar-refractivity contribution in [1.29, 1.82) is 0 Å². The molecular formula is C14H12O3. The Bertz CT molecular complexity index is 479. The first-order chi connectivity index (χ1) is 8.34. The van der Waals surface area contributed by atoms with E-state index >= 15 is 0 Å². The molecule has 0 saturated heterocycles. The molecule has 0 heterocycles. The number of ether oxygens (including phenoxy) is 2. The topological polar surface area (TPSA) is 35.5 Å². The van der Waals surface area contributed by atoms with Gasteiger partial charge in [-0.05, 0) is 37.1 Å². The van der Waals surface area contributed by atoms with Crippen LogP contribution in [0.5, 0.6) is 5.75 Å². The van der Waals surface area contributed by atoms with Gasteiger partial charge in [-0.3, -0.25) is 0 Å². The molecule has 0 N–H and O–H groups in total. The predicted molar refractivity (Wildman–Crippen MR) is 63.5 cm³/mol. The number of hydrogen-bond acceptors (Lipinski definition) is 3. The molecule has 3 nitrogen and oxygen atoms in total. The Balaban J connectivity index is 1.94. The third kappa shape index (κ3) is 3.67. The molecule has 2 rings (SSSR count). The van der Waals surface area contributed by atoms with Gasteiger partial charge in [0.25, 0.3) is 0 Å². The summed E-state index contributed by atoms with van der Waals surface area (Å²) in [6, 6.07) is 8.81. The second-order valence-corrected chi connectivity index (χ2v) is 3.47. The van der Waals surface area contributed by atoms with Crippen LogP contribution in [0, 0.1) is 0 Å². The summed E-state index contributed by atoms with van der Waals surface area (Å²) in [4.78, 5) is 11.4. The van der Waals surface area contributed by atoms with Gasteiger partial charge in [-0.15, -0.1) is 5.73 Å². The van der Waals surface area contributed by atoms with Gasteiger partial charge in [-0.2, -0.15) is 0 Å². The Morgan fingerprint density at radius 3 is 2.76 bits per heavy atom. The van der Waals surface area contributed by atoms with E-state index in [2.05, 4.69) is 5.73 Å². The molecule has 1 aliphatic carbocycles. The van der Waals surface area contributed by atoms with Gasteiger partial charge in [-0.1, -0.05) is 18.2 Å². The van der Waals surface area contributed by atoms with Crippen molar-refractivity contribution in [2.45, 2.75) is 12.8 Å². The molecule has 0 unspecified atom stereocenters. The Kier molecular flexibility index (Phi) is 3.79. The average Bonchev–Trinajstić information content (AvgIpc) is 2.59. The lowest BCUT2D eigenvalue weighted by Gasteiger charge is -2.05. The smallest absolute Gasteiger partial charge is 0.395 e. The Morgan fingerprint density at radius 2 is 1.94 bits per heavy atom. The molecule has 0 amide bonds. The monoisotopic (exact) mass is 228 g/mol. The van der Waals surface area contributed by atoms with Crippen molar-refractivity contribution in [3.05, 3.63) is 60.1 Å². The Labute approximate surface area is 99.7 Å². The molecule has 0 fully saturated rings. The molecule has 86 valence electrons. The average molecular weight is 228 g/mol. The van der Waals surface area contributed by atoms with Crippen molar-refractivity contribution in [3.63, 3.8) is 0 Å². The van der Waals surface area contributed by atoms with Crippen molar-refractivity contribution in [2.75, 3.05) is 0 Å². The number of hydrogen-bond donors (Lipinski definition) is 0. The highest BCUT2D eigenvalue weighted by molar-refractivity contribution is 5.65. The van der Waals surface area contributed by atoms with E-state index in [1.165, 1.54) is 0 Å². The zero-order valence-corrected chi connectivity index (χ0v) is 9.26. The van der Waals surface area contributed by atoms with Crippen LogP contribution in [0.3, 0.4) is 0 Å². The van der Waals surface area contributed by atoms with Crippen LogP contribution in [0.1, 0.15) is 12.8 Å². The maximum absolute atomic E-state index is 11.4. The highest BCUT2D eigenvalue weighted by Gasteiger charge is 2.08. The second kappa shape index (κ2) is 5.73. The first-order valence-corrected chi connectivity index (χ1v) is 5.40. The van der Waals surface area contributed by atoms with E-state index in [1.54, 1.807) is 30.3 Å². The maximum Gasteiger partial charge on any atom is 0.519 e. The first-order valence-electron chi connectivity index (χ1n) is 5.40. The Morgan fingerprint density at radius 1 is 1.12 bits per heavy atom. The molecule has 0 aromatic heterocycles. The molecule has 0 spiro atoms. The molecule has 0 atom stereocenters. The summed E-state index contributed by atoms with van der Waals surface area (Å²) >= 11 is 0. The highest BCUT2D eigenvalue weighted by Crippen LogP contribution is 2.12. The molecule has 0 bridgehead atoms. The SMILES string of the molecule is O=C(OC1=CCCC=C=C1)Oc1ccccc1. The summed E-state index contributed by atoms with van der Waals surface area (Å²) < 4.78 is 10.0. The summed E-state index contributed by atoms with van der Waals surface area (Å²) in [7, 11) is 0. The molecule has 0 saturated carbocycles. The number of carbonyl (C=O) groups is 1. The summed E-state index contributed by atoms with van der Waals surface area (Å²) in [5.41, 5.74) is 2.92. The van der Waals surface area contributed by atoms with E-state index in [9.17, 15) is 4.79 Å². The fourth-order valence-corrected chi connectivity index (χ4v) is 1.37. The zero-order chi connectivity index (χ0) is 11.9. The number of benzene rings is 1. The van der Waals surface area contributed by atoms with Gasteiger partial charge >= 0.3 is 6.16 Å². The normalized spacial score (nSPS) is 13.8. The molecule has 0 aliphatic heterocycles. The number of carbonyl (C=O) groups excluding carboxylic acids is 1. The van der Waals surface area contributed by atoms with E-state index in [0.29, 0.717) is 11.5 Å². The van der Waals surface area contributed by atoms with E-state index in [0.717, 1.165) is 12.8 Å². The van der Waals surface area contributed by atoms with Gasteiger partial charge in [0.2, 0.25) is 0 Å². The lowest BCUT2D eigenvalue weighted by Crippen LogP contribution is -2.09. The summed E-state index contributed by atoms with van der Waals surface area (Å²) in [6.07, 6.45) is 6.36. The van der Waals surface area contributed by atoms with Crippen LogP contribution < -0.4 is 4.74 Å². The molecule has 1 aromatic rings. The van der Waals surface area contributed by atoms with E-state index < -0.39 is 6.16 Å². The highest BCUT2D eigenvalue weighted by atomic mass is 16.7. The summed E-state index contributed by atoms with van der Waals surface area (Å²) in [6.45, 7) is 0. The summed E-state index contributed by atoms with van der Waals surface area (Å²) in [5, 5.41) is 0. The zero-order valence-electron chi connectivity index (χ0n) is 9.26. The van der Waals surface area contributed by atoms with Gasteiger partial charge in [0.05, 0.1) is 0 Å². The van der Waals surface area contributed by atoms with Crippen molar-refractivity contribution >= 4 is 6.16 Å². The van der Waals surface area contributed by atoms with Crippen molar-refractivity contribution in [2.24, 2.45) is 0 Å². The van der Waals surface area contributed by atoms with Crippen LogP contribution in [0.15, 0.2) is 60.1 Å². The lowest BCUT2D eigenvalue weighted by molar-refractivity contribution is 0.129. The molecule has 1 aliphatic rings. The van der Waals surface area contributed by atoms with Crippen LogP contribution in [-0.4, -0.2) is 6.16 Å². The second-order valence-electron chi connectivity index (χ2n) is 3.47.